The molecular formula is C4H4LiNO. The second-order valence-electron chi connectivity index (χ2n) is 1.40. The van der Waals surface area contributed by atoms with E-state index in [1.165, 1.54) is 0 Å². The Morgan fingerprint density at radius 3 is 2.86 bits per heavy atom. The molecule has 0 aromatic heterocycles. The third-order valence-electron chi connectivity index (χ3n) is 0.713. The molecule has 0 spiro atoms. The fourth-order valence-corrected chi connectivity index (χ4v) is 0.384. The molecule has 3 heteroatoms. The SMILES string of the molecule is [Li][C]1=CC=CON1. The molecule has 1 rings (SSSR count). The predicted molar refractivity (Wildman–Crippen MR) is 27.2 cm³/mol. The topological polar surface area (TPSA) is 21.3 Å². The van der Waals surface area contributed by atoms with Crippen LogP contribution in [-0.4, -0.2) is 17.7 Å². The van der Waals surface area contributed by atoms with Crippen LogP contribution in [0.1, 0.15) is 0 Å². The minimum atomic E-state index is 1.03. The van der Waals surface area contributed by atoms with Gasteiger partial charge < -0.3 is 0 Å². The molecule has 0 amide bonds. The monoisotopic (exact) mass is 89.0 g/mol. The summed E-state index contributed by atoms with van der Waals surface area (Å²) in [6.07, 6.45) is 5.36. The molecule has 0 saturated heterocycles. The molecule has 32 valence electrons. The third kappa shape index (κ3) is 1.30. The number of hydrogen-bond acceptors (Lipinski definition) is 2. The van der Waals surface area contributed by atoms with Gasteiger partial charge in [-0.3, -0.25) is 0 Å². The first-order chi connectivity index (χ1) is 3.39. The fraction of sp³-hybridized carbons (Fsp3) is 0. The maximum absolute atomic E-state index is 4.68. The van der Waals surface area contributed by atoms with Crippen molar-refractivity contribution in [2.24, 2.45) is 0 Å². The Balaban J connectivity index is 2.57. The van der Waals surface area contributed by atoms with E-state index in [0.29, 0.717) is 0 Å². The quantitative estimate of drug-likeness (QED) is 0.423. The van der Waals surface area contributed by atoms with E-state index in [9.17, 15) is 0 Å². The molecule has 1 aliphatic heterocycles. The molecule has 0 atom stereocenters. The van der Waals surface area contributed by atoms with Gasteiger partial charge in [0.25, 0.3) is 0 Å². The summed E-state index contributed by atoms with van der Waals surface area (Å²) in [7, 11) is 0. The minimum absolute atomic E-state index is 1.03. The Morgan fingerprint density at radius 2 is 2.57 bits per heavy atom. The Kier molecular flexibility index (Phi) is 1.45. The zero-order valence-corrected chi connectivity index (χ0v) is 4.14. The zero-order chi connectivity index (χ0) is 5.11. The van der Waals surface area contributed by atoms with E-state index in [1.807, 2.05) is 29.9 Å². The van der Waals surface area contributed by atoms with Crippen LogP contribution in [0.2, 0.25) is 0 Å². The van der Waals surface area contributed by atoms with E-state index in [4.69, 9.17) is 0 Å². The summed E-state index contributed by atoms with van der Waals surface area (Å²) >= 11 is 1.93. The van der Waals surface area contributed by atoms with Gasteiger partial charge in [-0.2, -0.15) is 0 Å². The van der Waals surface area contributed by atoms with Crippen LogP contribution >= 0.6 is 0 Å². The molecule has 0 saturated carbocycles. The van der Waals surface area contributed by atoms with Crippen molar-refractivity contribution in [2.45, 2.75) is 0 Å². The van der Waals surface area contributed by atoms with Gasteiger partial charge in [0.2, 0.25) is 0 Å². The van der Waals surface area contributed by atoms with Crippen molar-refractivity contribution in [3.63, 3.8) is 0 Å². The van der Waals surface area contributed by atoms with Crippen LogP contribution in [-0.2, 0) is 4.84 Å². The summed E-state index contributed by atoms with van der Waals surface area (Å²) in [6.45, 7) is 0. The van der Waals surface area contributed by atoms with E-state index >= 15 is 0 Å². The number of nitrogens with one attached hydrogen (secondary N) is 1. The summed E-state index contributed by atoms with van der Waals surface area (Å²) in [5.74, 6) is 0. The van der Waals surface area contributed by atoms with Crippen LogP contribution in [0.15, 0.2) is 22.8 Å². The summed E-state index contributed by atoms with van der Waals surface area (Å²) < 4.78 is 1.03. The second kappa shape index (κ2) is 2.11. The number of rotatable bonds is 0. The van der Waals surface area contributed by atoms with Gasteiger partial charge in [-0.1, -0.05) is 0 Å². The molecule has 1 aliphatic rings. The maximum atomic E-state index is 4.68. The molecular weight excluding hydrogens is 85.0 g/mol. The summed E-state index contributed by atoms with van der Waals surface area (Å²) in [5.41, 5.74) is 2.66. The van der Waals surface area contributed by atoms with Crippen molar-refractivity contribution in [1.29, 1.82) is 0 Å². The Hall–Kier alpha value is -0.323. The zero-order valence-electron chi connectivity index (χ0n) is 4.14. The molecule has 0 aliphatic carbocycles. The van der Waals surface area contributed by atoms with Gasteiger partial charge >= 0.3 is 50.8 Å². The number of hydrogen-bond donors (Lipinski definition) is 1. The van der Waals surface area contributed by atoms with E-state index < -0.39 is 0 Å². The summed E-state index contributed by atoms with van der Waals surface area (Å²) in [4.78, 5) is 4.68. The average Bonchev–Trinajstić information content (AvgIpc) is 1.69. The number of allylic oxidation sites excluding steroid dienone is 2. The molecule has 0 fully saturated rings. The van der Waals surface area contributed by atoms with Gasteiger partial charge in [0.1, 0.15) is 0 Å². The van der Waals surface area contributed by atoms with Crippen LogP contribution < -0.4 is 5.48 Å². The molecule has 0 unspecified atom stereocenters. The van der Waals surface area contributed by atoms with Crippen molar-refractivity contribution in [3.8, 4) is 0 Å². The third-order valence-corrected chi connectivity index (χ3v) is 0.713. The first kappa shape index (κ1) is 4.83. The van der Waals surface area contributed by atoms with Crippen molar-refractivity contribution in [3.05, 3.63) is 22.8 Å². The van der Waals surface area contributed by atoms with E-state index in [2.05, 4.69) is 10.3 Å². The first-order valence-corrected chi connectivity index (χ1v) is 2.15. The normalized spacial score (nSPS) is 17.1. The summed E-state index contributed by atoms with van der Waals surface area (Å²) in [5, 5.41) is 0. The molecule has 2 nitrogen and oxygen atoms in total. The van der Waals surface area contributed by atoms with E-state index in [0.717, 1.165) is 4.37 Å². The van der Waals surface area contributed by atoms with Crippen LogP contribution in [0.25, 0.3) is 0 Å². The van der Waals surface area contributed by atoms with Crippen molar-refractivity contribution < 1.29 is 4.84 Å². The van der Waals surface area contributed by atoms with Gasteiger partial charge in [-0.05, 0) is 0 Å². The van der Waals surface area contributed by atoms with Crippen LogP contribution in [0.5, 0.6) is 0 Å². The Labute approximate surface area is 51.4 Å². The van der Waals surface area contributed by atoms with Crippen LogP contribution in [0.4, 0.5) is 0 Å². The molecule has 0 bridgehead atoms. The fourth-order valence-electron chi connectivity index (χ4n) is 0.384. The van der Waals surface area contributed by atoms with Crippen LogP contribution in [0, 0.1) is 0 Å². The molecule has 0 radical (unpaired) electrons. The van der Waals surface area contributed by atoms with Gasteiger partial charge in [0, 0.05) is 0 Å². The standard InChI is InChI=1S/C4H4NO.Li/c1-2-4-6-5-3-1;/h1-2,4-5H;. The molecule has 0 aromatic rings. The second-order valence-corrected chi connectivity index (χ2v) is 1.40. The van der Waals surface area contributed by atoms with Crippen molar-refractivity contribution in [1.82, 2.24) is 5.48 Å². The molecule has 1 N–H and O–H groups in total. The Morgan fingerprint density at radius 1 is 1.71 bits per heavy atom. The van der Waals surface area contributed by atoms with Crippen molar-refractivity contribution >= 4 is 17.7 Å². The molecule has 0 aromatic carbocycles. The number of hydroxylamine groups is 1. The summed E-state index contributed by atoms with van der Waals surface area (Å²) in [6, 6.07) is 0. The predicted octanol–water partition coefficient (Wildman–Crippen LogP) is 0.0448. The Bertz CT molecular complexity index is 119. The van der Waals surface area contributed by atoms with E-state index in [1.54, 1.807) is 6.26 Å². The first-order valence-electron chi connectivity index (χ1n) is 2.15. The van der Waals surface area contributed by atoms with Gasteiger partial charge in [0.15, 0.2) is 0 Å². The van der Waals surface area contributed by atoms with Crippen molar-refractivity contribution in [2.75, 3.05) is 0 Å². The van der Waals surface area contributed by atoms with Gasteiger partial charge in [-0.25, -0.2) is 0 Å². The van der Waals surface area contributed by atoms with E-state index in [-0.39, 0.29) is 0 Å². The van der Waals surface area contributed by atoms with Gasteiger partial charge in [-0.15, -0.1) is 0 Å². The van der Waals surface area contributed by atoms with Crippen LogP contribution in [0.3, 0.4) is 0 Å². The molecule has 7 heavy (non-hydrogen) atoms. The molecule has 1 heterocycles. The average molecular weight is 89.0 g/mol. The van der Waals surface area contributed by atoms with Gasteiger partial charge in [0.05, 0.1) is 0 Å².